The first-order chi connectivity index (χ1) is 7.54. The van der Waals surface area contributed by atoms with Gasteiger partial charge in [-0.1, -0.05) is 24.9 Å². The smallest absolute Gasteiger partial charge is 0.356 e. The van der Waals surface area contributed by atoms with Crippen LogP contribution in [0.5, 0.6) is 5.88 Å². The van der Waals surface area contributed by atoms with Crippen molar-refractivity contribution in [2.24, 2.45) is 0 Å². The molecule has 1 N–H and O–H groups in total. The quantitative estimate of drug-likeness (QED) is 0.864. The van der Waals surface area contributed by atoms with Gasteiger partial charge in [0, 0.05) is 6.07 Å². The van der Waals surface area contributed by atoms with E-state index in [1.165, 1.54) is 6.07 Å². The number of ether oxygens (including phenoxy) is 1. The Balaban J connectivity index is 2.82. The minimum Gasteiger partial charge on any atom is -0.476 e. The van der Waals surface area contributed by atoms with Crippen LogP contribution in [0.3, 0.4) is 0 Å². The van der Waals surface area contributed by atoms with E-state index in [1.807, 2.05) is 6.92 Å². The van der Waals surface area contributed by atoms with E-state index in [-0.39, 0.29) is 16.8 Å². The van der Waals surface area contributed by atoms with Crippen LogP contribution in [-0.4, -0.2) is 22.2 Å². The predicted octanol–water partition coefficient (Wildman–Crippen LogP) is 3.00. The maximum Gasteiger partial charge on any atom is 0.356 e. The maximum atomic E-state index is 10.8. The highest BCUT2D eigenvalue weighted by atomic mass is 35.5. The Labute approximate surface area is 99.2 Å². The van der Waals surface area contributed by atoms with Gasteiger partial charge in [-0.05, 0) is 19.4 Å². The molecule has 1 aromatic heterocycles. The van der Waals surface area contributed by atoms with Crippen molar-refractivity contribution in [2.75, 3.05) is 0 Å². The zero-order valence-electron chi connectivity index (χ0n) is 9.24. The van der Waals surface area contributed by atoms with Crippen molar-refractivity contribution in [3.63, 3.8) is 0 Å². The largest absolute Gasteiger partial charge is 0.476 e. The van der Waals surface area contributed by atoms with Crippen LogP contribution in [0.25, 0.3) is 0 Å². The SMILES string of the molecule is CCCC(C)Oc1ccc(Cl)c(C(=O)O)n1. The topological polar surface area (TPSA) is 59.4 Å². The van der Waals surface area contributed by atoms with Gasteiger partial charge in [0.2, 0.25) is 5.88 Å². The van der Waals surface area contributed by atoms with Gasteiger partial charge in [-0.3, -0.25) is 0 Å². The van der Waals surface area contributed by atoms with Gasteiger partial charge in [0.15, 0.2) is 5.69 Å². The van der Waals surface area contributed by atoms with Crippen molar-refractivity contribution in [3.05, 3.63) is 22.8 Å². The molecule has 5 heteroatoms. The minimum atomic E-state index is -1.15. The van der Waals surface area contributed by atoms with Crippen molar-refractivity contribution in [1.82, 2.24) is 4.98 Å². The van der Waals surface area contributed by atoms with Crippen molar-refractivity contribution in [3.8, 4) is 5.88 Å². The van der Waals surface area contributed by atoms with Crippen LogP contribution in [0.2, 0.25) is 5.02 Å². The number of pyridine rings is 1. The third kappa shape index (κ3) is 3.38. The third-order valence-electron chi connectivity index (χ3n) is 2.04. The summed E-state index contributed by atoms with van der Waals surface area (Å²) in [6.45, 7) is 3.97. The fraction of sp³-hybridized carbons (Fsp3) is 0.455. The molecule has 1 rings (SSSR count). The molecule has 0 saturated carbocycles. The lowest BCUT2D eigenvalue weighted by molar-refractivity contribution is 0.0688. The molecule has 88 valence electrons. The number of aromatic nitrogens is 1. The monoisotopic (exact) mass is 243 g/mol. The van der Waals surface area contributed by atoms with E-state index in [4.69, 9.17) is 21.4 Å². The summed E-state index contributed by atoms with van der Waals surface area (Å²) in [4.78, 5) is 14.6. The number of carbonyl (C=O) groups is 1. The van der Waals surface area contributed by atoms with Crippen LogP contribution in [0.4, 0.5) is 0 Å². The molecular formula is C11H14ClNO3. The highest BCUT2D eigenvalue weighted by Gasteiger charge is 2.13. The van der Waals surface area contributed by atoms with Crippen LogP contribution in [0.15, 0.2) is 12.1 Å². The average Bonchev–Trinajstić information content (AvgIpc) is 2.21. The number of hydrogen-bond donors (Lipinski definition) is 1. The molecule has 0 amide bonds. The molecule has 0 aromatic carbocycles. The van der Waals surface area contributed by atoms with Gasteiger partial charge in [0.05, 0.1) is 11.1 Å². The summed E-state index contributed by atoms with van der Waals surface area (Å²) < 4.78 is 5.47. The molecule has 1 unspecified atom stereocenters. The molecule has 1 heterocycles. The highest BCUT2D eigenvalue weighted by molar-refractivity contribution is 6.33. The van der Waals surface area contributed by atoms with Crippen molar-refractivity contribution in [2.45, 2.75) is 32.8 Å². The van der Waals surface area contributed by atoms with E-state index in [0.29, 0.717) is 5.88 Å². The van der Waals surface area contributed by atoms with Gasteiger partial charge in [-0.2, -0.15) is 0 Å². The standard InChI is InChI=1S/C11H14ClNO3/c1-3-4-7(2)16-9-6-5-8(12)10(13-9)11(14)15/h5-7H,3-4H2,1-2H3,(H,14,15). The highest BCUT2D eigenvalue weighted by Crippen LogP contribution is 2.19. The Morgan fingerprint density at radius 3 is 2.88 bits per heavy atom. The van der Waals surface area contributed by atoms with Crippen LogP contribution in [0, 0.1) is 0 Å². The first kappa shape index (κ1) is 12.8. The van der Waals surface area contributed by atoms with E-state index in [0.717, 1.165) is 12.8 Å². The molecule has 0 radical (unpaired) electrons. The summed E-state index contributed by atoms with van der Waals surface area (Å²) in [6, 6.07) is 3.05. The van der Waals surface area contributed by atoms with Gasteiger partial charge >= 0.3 is 5.97 Å². The molecule has 0 bridgehead atoms. The number of carboxylic acid groups (broad SMARTS) is 1. The average molecular weight is 244 g/mol. The van der Waals surface area contributed by atoms with E-state index in [9.17, 15) is 4.79 Å². The number of hydrogen-bond acceptors (Lipinski definition) is 3. The molecule has 0 spiro atoms. The number of nitrogens with zero attached hydrogens (tertiary/aromatic N) is 1. The Morgan fingerprint density at radius 2 is 2.31 bits per heavy atom. The summed E-state index contributed by atoms with van der Waals surface area (Å²) in [6.07, 6.45) is 1.91. The first-order valence-electron chi connectivity index (χ1n) is 5.11. The molecular weight excluding hydrogens is 230 g/mol. The van der Waals surface area contributed by atoms with Crippen molar-refractivity contribution in [1.29, 1.82) is 0 Å². The normalized spacial score (nSPS) is 12.2. The fourth-order valence-electron chi connectivity index (χ4n) is 1.31. The Morgan fingerprint density at radius 1 is 1.62 bits per heavy atom. The van der Waals surface area contributed by atoms with Crippen molar-refractivity contribution < 1.29 is 14.6 Å². The molecule has 0 saturated heterocycles. The molecule has 0 aliphatic heterocycles. The van der Waals surface area contributed by atoms with Crippen LogP contribution in [-0.2, 0) is 0 Å². The van der Waals surface area contributed by atoms with Crippen LogP contribution >= 0.6 is 11.6 Å². The van der Waals surface area contributed by atoms with Gasteiger partial charge < -0.3 is 9.84 Å². The van der Waals surface area contributed by atoms with Crippen molar-refractivity contribution >= 4 is 17.6 Å². The molecule has 16 heavy (non-hydrogen) atoms. The summed E-state index contributed by atoms with van der Waals surface area (Å²) in [7, 11) is 0. The molecule has 1 atom stereocenters. The number of halogens is 1. The second-order valence-electron chi connectivity index (χ2n) is 3.50. The molecule has 1 aromatic rings. The summed E-state index contributed by atoms with van der Waals surface area (Å²) in [5.41, 5.74) is -0.178. The third-order valence-corrected chi connectivity index (χ3v) is 2.35. The minimum absolute atomic E-state index is 0.0142. The van der Waals surface area contributed by atoms with Gasteiger partial charge in [-0.25, -0.2) is 9.78 Å². The summed E-state index contributed by atoms with van der Waals surface area (Å²) >= 11 is 5.69. The number of carboxylic acids is 1. The fourth-order valence-corrected chi connectivity index (χ4v) is 1.50. The van der Waals surface area contributed by atoms with E-state index >= 15 is 0 Å². The lowest BCUT2D eigenvalue weighted by atomic mass is 10.2. The second kappa shape index (κ2) is 5.70. The Kier molecular flexibility index (Phi) is 4.55. The summed E-state index contributed by atoms with van der Waals surface area (Å²) in [5.74, 6) is -0.860. The molecule has 0 aliphatic rings. The Bertz CT molecular complexity index is 381. The molecule has 0 aliphatic carbocycles. The van der Waals surface area contributed by atoms with E-state index in [1.54, 1.807) is 6.07 Å². The number of rotatable bonds is 5. The lowest BCUT2D eigenvalue weighted by Crippen LogP contribution is -2.13. The zero-order valence-corrected chi connectivity index (χ0v) is 9.99. The van der Waals surface area contributed by atoms with Gasteiger partial charge in [-0.15, -0.1) is 0 Å². The van der Waals surface area contributed by atoms with Crippen LogP contribution < -0.4 is 4.74 Å². The van der Waals surface area contributed by atoms with Crippen LogP contribution in [0.1, 0.15) is 37.2 Å². The predicted molar refractivity (Wildman–Crippen MR) is 61.2 cm³/mol. The number of aromatic carboxylic acids is 1. The van der Waals surface area contributed by atoms with E-state index < -0.39 is 5.97 Å². The van der Waals surface area contributed by atoms with Gasteiger partial charge in [0.1, 0.15) is 0 Å². The molecule has 0 fully saturated rings. The summed E-state index contributed by atoms with van der Waals surface area (Å²) in [5, 5.41) is 8.94. The second-order valence-corrected chi connectivity index (χ2v) is 3.91. The zero-order chi connectivity index (χ0) is 12.1. The maximum absolute atomic E-state index is 10.8. The van der Waals surface area contributed by atoms with E-state index in [2.05, 4.69) is 11.9 Å². The first-order valence-corrected chi connectivity index (χ1v) is 5.49. The Hall–Kier alpha value is -1.29. The molecule has 4 nitrogen and oxygen atoms in total. The lowest BCUT2D eigenvalue weighted by Gasteiger charge is -2.13. The van der Waals surface area contributed by atoms with Gasteiger partial charge in [0.25, 0.3) is 0 Å².